The van der Waals surface area contributed by atoms with Gasteiger partial charge in [0.2, 0.25) is 0 Å². The number of hydrogen-bond acceptors (Lipinski definition) is 5. The fourth-order valence-electron chi connectivity index (χ4n) is 3.95. The number of hydrogen-bond donors (Lipinski definition) is 1. The first-order chi connectivity index (χ1) is 13.7. The zero-order valence-corrected chi connectivity index (χ0v) is 18.4. The van der Waals surface area contributed by atoms with Gasteiger partial charge in [0.15, 0.2) is 5.17 Å². The van der Waals surface area contributed by atoms with Crippen LogP contribution in [0.2, 0.25) is 10.2 Å². The van der Waals surface area contributed by atoms with E-state index in [9.17, 15) is 9.90 Å². The van der Waals surface area contributed by atoms with Crippen molar-refractivity contribution < 1.29 is 9.90 Å². The second kappa shape index (κ2) is 7.35. The van der Waals surface area contributed by atoms with Gasteiger partial charge in [0, 0.05) is 22.5 Å². The van der Waals surface area contributed by atoms with Crippen LogP contribution in [0.25, 0.3) is 0 Å². The summed E-state index contributed by atoms with van der Waals surface area (Å²) >= 11 is 13.3. The molecule has 150 valence electrons. The fraction of sp³-hybridized carbons (Fsp3) is 0.286. The average molecular weight is 448 g/mol. The quantitative estimate of drug-likeness (QED) is 0.607. The number of aliphatic imine (C=N–C) groups is 1. The Balaban J connectivity index is 1.92. The molecule has 29 heavy (non-hydrogen) atoms. The number of pyridine rings is 1. The predicted octanol–water partition coefficient (Wildman–Crippen LogP) is 5.72. The van der Waals surface area contributed by atoms with E-state index in [4.69, 9.17) is 28.2 Å². The van der Waals surface area contributed by atoms with Gasteiger partial charge in [-0.25, -0.2) is 14.8 Å². The molecule has 2 atom stereocenters. The van der Waals surface area contributed by atoms with Crippen LogP contribution in [0.4, 0.5) is 0 Å². The van der Waals surface area contributed by atoms with Crippen LogP contribution in [0.15, 0.2) is 58.2 Å². The van der Waals surface area contributed by atoms with Crippen LogP contribution >= 0.6 is 35.0 Å². The number of aromatic nitrogens is 1. The Morgan fingerprint density at radius 1 is 1.21 bits per heavy atom. The molecule has 0 fully saturated rings. The Morgan fingerprint density at radius 2 is 1.90 bits per heavy atom. The third-order valence-corrected chi connectivity index (χ3v) is 6.78. The van der Waals surface area contributed by atoms with Crippen molar-refractivity contribution in [3.8, 4) is 0 Å². The molecule has 2 aliphatic rings. The zero-order chi connectivity index (χ0) is 20.9. The summed E-state index contributed by atoms with van der Waals surface area (Å²) in [5, 5.41) is 11.5. The molecular weight excluding hydrogens is 429 g/mol. The van der Waals surface area contributed by atoms with Crippen molar-refractivity contribution in [2.75, 3.05) is 0 Å². The van der Waals surface area contributed by atoms with Crippen LogP contribution < -0.4 is 0 Å². The summed E-state index contributed by atoms with van der Waals surface area (Å²) in [5.74, 6) is -0.915. The van der Waals surface area contributed by atoms with Crippen LogP contribution in [-0.4, -0.2) is 26.1 Å². The summed E-state index contributed by atoms with van der Waals surface area (Å²) in [6, 6.07) is 11.1. The number of thioether (sulfide) groups is 1. The molecular formula is C21H19Cl2N3O2S. The van der Waals surface area contributed by atoms with Crippen LogP contribution in [-0.2, 0) is 10.3 Å². The molecule has 2 aromatic rings. The summed E-state index contributed by atoms with van der Waals surface area (Å²) in [6.07, 6.45) is 1.74. The largest absolute Gasteiger partial charge is 0.477 e. The van der Waals surface area contributed by atoms with Gasteiger partial charge in [-0.2, -0.15) is 0 Å². The lowest BCUT2D eigenvalue weighted by Gasteiger charge is -2.36. The highest BCUT2D eigenvalue weighted by Gasteiger charge is 2.53. The molecule has 3 heterocycles. The molecule has 4 rings (SSSR count). The Labute approximate surface area is 183 Å². The average Bonchev–Trinajstić information content (AvgIpc) is 3.16. The standard InChI is InChI=1S/C21H19Cl2N3O2S/c1-11(2)16-17(19(27)28)29-20-25-21(3,13-6-9-15(23)24-10-13)18(26(16)20)12-4-7-14(22)8-5-12/h4-11,18H,1-3H3,(H,27,28)/t18-,21+/m1/s1. The van der Waals surface area contributed by atoms with E-state index in [1.807, 2.05) is 51.1 Å². The second-order valence-electron chi connectivity index (χ2n) is 7.51. The van der Waals surface area contributed by atoms with E-state index in [0.29, 0.717) is 20.2 Å². The summed E-state index contributed by atoms with van der Waals surface area (Å²) in [6.45, 7) is 6.04. The van der Waals surface area contributed by atoms with Crippen molar-refractivity contribution in [2.45, 2.75) is 32.4 Å². The van der Waals surface area contributed by atoms with Gasteiger partial charge < -0.3 is 10.0 Å². The van der Waals surface area contributed by atoms with E-state index in [-0.39, 0.29) is 12.0 Å². The van der Waals surface area contributed by atoms with Gasteiger partial charge >= 0.3 is 5.97 Å². The van der Waals surface area contributed by atoms with Crippen LogP contribution in [0.1, 0.15) is 37.9 Å². The SMILES string of the molecule is CC(C)C1=C(C(=O)O)SC2=N[C@@](C)(c3ccc(Cl)nc3)[C@@H](c3ccc(Cl)cc3)N21. The van der Waals surface area contributed by atoms with E-state index in [2.05, 4.69) is 9.88 Å². The molecule has 0 spiro atoms. The second-order valence-corrected chi connectivity index (χ2v) is 9.31. The number of rotatable bonds is 4. The Hall–Kier alpha value is -2.02. The normalized spacial score (nSPS) is 23.6. The maximum Gasteiger partial charge on any atom is 0.344 e. The third-order valence-electron chi connectivity index (χ3n) is 5.25. The minimum atomic E-state index is -0.930. The van der Waals surface area contributed by atoms with E-state index >= 15 is 0 Å². The molecule has 0 radical (unpaired) electrons. The molecule has 0 aliphatic carbocycles. The summed E-state index contributed by atoms with van der Waals surface area (Å²) in [7, 11) is 0. The lowest BCUT2D eigenvalue weighted by molar-refractivity contribution is -0.131. The molecule has 0 unspecified atom stereocenters. The van der Waals surface area contributed by atoms with Crippen molar-refractivity contribution in [2.24, 2.45) is 10.9 Å². The highest BCUT2D eigenvalue weighted by molar-refractivity contribution is 8.18. The molecule has 1 N–H and O–H groups in total. The minimum absolute atomic E-state index is 0.0155. The number of carboxylic acid groups (broad SMARTS) is 1. The Bertz CT molecular complexity index is 1030. The van der Waals surface area contributed by atoms with Crippen molar-refractivity contribution in [1.29, 1.82) is 0 Å². The van der Waals surface area contributed by atoms with Gasteiger partial charge in [-0.3, -0.25) is 0 Å². The maximum absolute atomic E-state index is 11.9. The van der Waals surface area contributed by atoms with Gasteiger partial charge in [0.05, 0.1) is 6.04 Å². The number of amidine groups is 1. The molecule has 5 nitrogen and oxygen atoms in total. The summed E-state index contributed by atoms with van der Waals surface area (Å²) < 4.78 is 0. The molecule has 1 aromatic carbocycles. The van der Waals surface area contributed by atoms with E-state index in [1.165, 1.54) is 11.8 Å². The fourth-order valence-corrected chi connectivity index (χ4v) is 5.44. The molecule has 8 heteroatoms. The Kier molecular flexibility index (Phi) is 5.13. The van der Waals surface area contributed by atoms with Gasteiger partial charge in [-0.1, -0.05) is 55.2 Å². The van der Waals surface area contributed by atoms with Crippen LogP contribution in [0.5, 0.6) is 0 Å². The van der Waals surface area contributed by atoms with Gasteiger partial charge in [-0.15, -0.1) is 0 Å². The van der Waals surface area contributed by atoms with E-state index in [1.54, 1.807) is 12.3 Å². The number of halogens is 2. The lowest BCUT2D eigenvalue weighted by atomic mass is 9.81. The third kappa shape index (κ3) is 3.33. The van der Waals surface area contributed by atoms with Gasteiger partial charge in [0.25, 0.3) is 0 Å². The van der Waals surface area contributed by atoms with Crippen molar-refractivity contribution in [3.05, 3.63) is 74.5 Å². The molecule has 0 amide bonds. The molecule has 1 aromatic heterocycles. The van der Waals surface area contributed by atoms with Crippen LogP contribution in [0, 0.1) is 5.92 Å². The molecule has 0 saturated carbocycles. The molecule has 0 saturated heterocycles. The number of carbonyl (C=O) groups is 1. The first-order valence-corrected chi connectivity index (χ1v) is 10.7. The summed E-state index contributed by atoms with van der Waals surface area (Å²) in [4.78, 5) is 23.6. The maximum atomic E-state index is 11.9. The number of benzene rings is 1. The Morgan fingerprint density at radius 3 is 2.45 bits per heavy atom. The number of allylic oxidation sites excluding steroid dienone is 1. The number of fused-ring (bicyclic) bond motifs is 1. The zero-order valence-electron chi connectivity index (χ0n) is 16.1. The van der Waals surface area contributed by atoms with Crippen molar-refractivity contribution in [3.63, 3.8) is 0 Å². The highest BCUT2D eigenvalue weighted by atomic mass is 35.5. The monoisotopic (exact) mass is 447 g/mol. The van der Waals surface area contributed by atoms with Crippen LogP contribution in [0.3, 0.4) is 0 Å². The van der Waals surface area contributed by atoms with Crippen molar-refractivity contribution in [1.82, 2.24) is 9.88 Å². The number of carboxylic acids is 1. The summed E-state index contributed by atoms with van der Waals surface area (Å²) in [5.41, 5.74) is 2.00. The van der Waals surface area contributed by atoms with E-state index in [0.717, 1.165) is 16.8 Å². The van der Waals surface area contributed by atoms with Gasteiger partial charge in [-0.05, 0) is 48.4 Å². The first kappa shape index (κ1) is 20.3. The molecule has 2 aliphatic heterocycles. The topological polar surface area (TPSA) is 65.8 Å². The first-order valence-electron chi connectivity index (χ1n) is 9.14. The number of aliphatic carboxylic acids is 1. The van der Waals surface area contributed by atoms with Crippen molar-refractivity contribution >= 4 is 46.1 Å². The minimum Gasteiger partial charge on any atom is -0.477 e. The lowest BCUT2D eigenvalue weighted by Crippen LogP contribution is -2.36. The van der Waals surface area contributed by atoms with Gasteiger partial charge in [0.1, 0.15) is 15.6 Å². The predicted molar refractivity (Wildman–Crippen MR) is 117 cm³/mol. The number of nitrogens with zero attached hydrogens (tertiary/aromatic N) is 3. The highest BCUT2D eigenvalue weighted by Crippen LogP contribution is 2.55. The molecule has 0 bridgehead atoms. The smallest absolute Gasteiger partial charge is 0.344 e. The van der Waals surface area contributed by atoms with E-state index < -0.39 is 11.5 Å².